The third-order valence-corrected chi connectivity index (χ3v) is 2.57. The molecule has 66 valence electrons. The lowest BCUT2D eigenvalue weighted by Crippen LogP contribution is -2.30. The van der Waals surface area contributed by atoms with E-state index in [-0.39, 0.29) is 0 Å². The van der Waals surface area contributed by atoms with Gasteiger partial charge in [0.15, 0.2) is 6.20 Å². The Kier molecular flexibility index (Phi) is 2.19. The summed E-state index contributed by atoms with van der Waals surface area (Å²) in [5.41, 5.74) is 0.735. The van der Waals surface area contributed by atoms with Crippen LogP contribution in [0.15, 0.2) is 36.5 Å². The molecular weight excluding hydrogens is 230 g/mol. The Labute approximate surface area is 84.5 Å². The van der Waals surface area contributed by atoms with E-state index < -0.39 is 0 Å². The minimum atomic E-state index is 0.585. The van der Waals surface area contributed by atoms with E-state index in [1.807, 2.05) is 30.3 Å². The molecule has 0 atom stereocenters. The normalized spacial score (nSPS) is 10.5. The molecule has 0 radical (unpaired) electrons. The first kappa shape index (κ1) is 8.51. The zero-order valence-electron chi connectivity index (χ0n) is 6.90. The second-order valence-corrected chi connectivity index (χ2v) is 3.41. The van der Waals surface area contributed by atoms with Gasteiger partial charge < -0.3 is 5.21 Å². The molecule has 0 N–H and O–H groups in total. The summed E-state index contributed by atoms with van der Waals surface area (Å²) in [6.07, 6.45) is 1.60. The fraction of sp³-hybridized carbons (Fsp3) is 0.100. The van der Waals surface area contributed by atoms with Crippen LogP contribution >= 0.6 is 15.9 Å². The molecule has 0 amide bonds. The minimum Gasteiger partial charge on any atom is -0.618 e. The van der Waals surface area contributed by atoms with E-state index in [1.165, 1.54) is 0 Å². The molecule has 0 bridgehead atoms. The third kappa shape index (κ3) is 1.52. The molecule has 0 aliphatic rings. The van der Waals surface area contributed by atoms with Crippen LogP contribution in [0.3, 0.4) is 0 Å². The van der Waals surface area contributed by atoms with Gasteiger partial charge in [-0.3, -0.25) is 0 Å². The van der Waals surface area contributed by atoms with Gasteiger partial charge in [-0.1, -0.05) is 34.1 Å². The quantitative estimate of drug-likeness (QED) is 0.425. The van der Waals surface area contributed by atoms with Gasteiger partial charge in [0.05, 0.1) is 5.33 Å². The van der Waals surface area contributed by atoms with Crippen LogP contribution in [0, 0.1) is 5.21 Å². The highest BCUT2D eigenvalue weighted by atomic mass is 79.9. The largest absolute Gasteiger partial charge is 0.618 e. The lowest BCUT2D eigenvalue weighted by atomic mass is 10.1. The van der Waals surface area contributed by atoms with Gasteiger partial charge in [-0.05, 0) is 11.5 Å². The highest BCUT2D eigenvalue weighted by Crippen LogP contribution is 2.13. The van der Waals surface area contributed by atoms with Crippen LogP contribution in [0.1, 0.15) is 5.69 Å². The molecule has 2 rings (SSSR count). The van der Waals surface area contributed by atoms with Crippen LogP contribution in [0.2, 0.25) is 0 Å². The van der Waals surface area contributed by atoms with Crippen molar-refractivity contribution >= 4 is 26.7 Å². The highest BCUT2D eigenvalue weighted by Gasteiger charge is 2.04. The summed E-state index contributed by atoms with van der Waals surface area (Å²) in [7, 11) is 0. The van der Waals surface area contributed by atoms with Crippen molar-refractivity contribution in [2.75, 3.05) is 0 Å². The molecule has 3 heteroatoms. The zero-order valence-corrected chi connectivity index (χ0v) is 8.49. The lowest BCUT2D eigenvalue weighted by Gasteiger charge is -2.03. The summed E-state index contributed by atoms with van der Waals surface area (Å²) in [6.45, 7) is 0. The molecular formula is C10H8BrNO. The Balaban J connectivity index is 2.74. The van der Waals surface area contributed by atoms with Crippen LogP contribution < -0.4 is 4.73 Å². The predicted octanol–water partition coefficient (Wildman–Crippen LogP) is 2.37. The maximum absolute atomic E-state index is 11.4. The number of alkyl halides is 1. The number of pyridine rings is 1. The molecule has 0 unspecified atom stereocenters. The monoisotopic (exact) mass is 237 g/mol. The van der Waals surface area contributed by atoms with Crippen LogP contribution in [-0.2, 0) is 5.33 Å². The third-order valence-electron chi connectivity index (χ3n) is 1.99. The van der Waals surface area contributed by atoms with Gasteiger partial charge in [0.1, 0.15) is 0 Å². The number of fused-ring (bicyclic) bond motifs is 1. The van der Waals surface area contributed by atoms with Crippen molar-refractivity contribution < 1.29 is 4.73 Å². The van der Waals surface area contributed by atoms with Gasteiger partial charge in [0, 0.05) is 11.5 Å². The Bertz CT molecular complexity index is 442. The first-order valence-electron chi connectivity index (χ1n) is 3.98. The van der Waals surface area contributed by atoms with Gasteiger partial charge in [0.25, 0.3) is 0 Å². The smallest absolute Gasteiger partial charge is 0.203 e. The van der Waals surface area contributed by atoms with Gasteiger partial charge in [-0.25, -0.2) is 0 Å². The van der Waals surface area contributed by atoms with Crippen molar-refractivity contribution in [3.8, 4) is 0 Å². The van der Waals surface area contributed by atoms with Crippen LogP contribution in [0.5, 0.6) is 0 Å². The van der Waals surface area contributed by atoms with Gasteiger partial charge in [-0.2, -0.15) is 4.73 Å². The molecule has 1 heterocycles. The molecule has 0 spiro atoms. The highest BCUT2D eigenvalue weighted by molar-refractivity contribution is 9.08. The van der Waals surface area contributed by atoms with E-state index in [9.17, 15) is 5.21 Å². The summed E-state index contributed by atoms with van der Waals surface area (Å²) < 4.78 is 0.900. The van der Waals surface area contributed by atoms with E-state index in [2.05, 4.69) is 15.9 Å². The molecule has 1 aromatic heterocycles. The molecule has 0 aliphatic carbocycles. The Morgan fingerprint density at radius 1 is 1.23 bits per heavy atom. The van der Waals surface area contributed by atoms with E-state index in [1.54, 1.807) is 6.20 Å². The predicted molar refractivity (Wildman–Crippen MR) is 55.5 cm³/mol. The van der Waals surface area contributed by atoms with Crippen molar-refractivity contribution in [3.63, 3.8) is 0 Å². The maximum Gasteiger partial charge on any atom is 0.203 e. The van der Waals surface area contributed by atoms with Gasteiger partial charge in [0.2, 0.25) is 5.69 Å². The summed E-state index contributed by atoms with van der Waals surface area (Å²) in [4.78, 5) is 0. The lowest BCUT2D eigenvalue weighted by molar-refractivity contribution is -0.611. The molecule has 2 nitrogen and oxygen atoms in total. The summed E-state index contributed by atoms with van der Waals surface area (Å²) in [5, 5.41) is 14.0. The van der Waals surface area contributed by atoms with E-state index in [0.29, 0.717) is 5.33 Å². The second kappa shape index (κ2) is 3.34. The van der Waals surface area contributed by atoms with Crippen molar-refractivity contribution in [1.82, 2.24) is 0 Å². The summed E-state index contributed by atoms with van der Waals surface area (Å²) in [6, 6.07) is 9.73. The molecule has 0 saturated heterocycles. The number of hydrogen-bond donors (Lipinski definition) is 0. The number of benzene rings is 1. The van der Waals surface area contributed by atoms with Gasteiger partial charge >= 0.3 is 0 Å². The molecule has 13 heavy (non-hydrogen) atoms. The Morgan fingerprint density at radius 3 is 2.62 bits per heavy atom. The first-order chi connectivity index (χ1) is 6.31. The average Bonchev–Trinajstić information content (AvgIpc) is 2.17. The standard InChI is InChI=1S/C10H8BrNO/c11-6-10-5-8-3-1-2-4-9(8)7-12(10)13/h1-5,7H,6H2. The fourth-order valence-corrected chi connectivity index (χ4v) is 1.72. The van der Waals surface area contributed by atoms with E-state index in [4.69, 9.17) is 0 Å². The molecule has 0 saturated carbocycles. The Morgan fingerprint density at radius 2 is 1.92 bits per heavy atom. The van der Waals surface area contributed by atoms with Crippen molar-refractivity contribution in [2.24, 2.45) is 0 Å². The molecule has 0 fully saturated rings. The first-order valence-corrected chi connectivity index (χ1v) is 5.10. The van der Waals surface area contributed by atoms with Crippen molar-refractivity contribution in [2.45, 2.75) is 5.33 Å². The van der Waals surface area contributed by atoms with Crippen molar-refractivity contribution in [1.29, 1.82) is 0 Å². The fourth-order valence-electron chi connectivity index (χ4n) is 1.31. The maximum atomic E-state index is 11.4. The number of hydrogen-bond acceptors (Lipinski definition) is 1. The number of halogens is 1. The number of aromatic nitrogens is 1. The zero-order chi connectivity index (χ0) is 9.26. The van der Waals surface area contributed by atoms with Crippen molar-refractivity contribution in [3.05, 3.63) is 47.4 Å². The van der Waals surface area contributed by atoms with E-state index in [0.717, 1.165) is 21.2 Å². The molecule has 0 aliphatic heterocycles. The summed E-state index contributed by atoms with van der Waals surface area (Å²) in [5.74, 6) is 0. The minimum absolute atomic E-state index is 0.585. The Hall–Kier alpha value is -1.09. The molecule has 1 aromatic carbocycles. The van der Waals surface area contributed by atoms with Crippen LogP contribution in [-0.4, -0.2) is 0 Å². The summed E-state index contributed by atoms with van der Waals surface area (Å²) >= 11 is 3.27. The number of rotatable bonds is 1. The average molecular weight is 238 g/mol. The topological polar surface area (TPSA) is 26.9 Å². The van der Waals surface area contributed by atoms with E-state index >= 15 is 0 Å². The molecule has 2 aromatic rings. The van der Waals surface area contributed by atoms with Crippen LogP contribution in [0.25, 0.3) is 10.8 Å². The van der Waals surface area contributed by atoms with Gasteiger partial charge in [-0.15, -0.1) is 0 Å². The van der Waals surface area contributed by atoms with Crippen LogP contribution in [0.4, 0.5) is 0 Å². The number of nitrogens with zero attached hydrogens (tertiary/aromatic N) is 1. The second-order valence-electron chi connectivity index (χ2n) is 2.85. The SMILES string of the molecule is [O-][n+]1cc2ccccc2cc1CBr.